The van der Waals surface area contributed by atoms with Crippen LogP contribution >= 0.6 is 11.3 Å². The number of hydrogen-bond acceptors (Lipinski definition) is 4. The molecule has 0 aromatic carbocycles. The number of urea groups is 1. The van der Waals surface area contributed by atoms with E-state index < -0.39 is 15.1 Å². The summed E-state index contributed by atoms with van der Waals surface area (Å²) in [5.41, 5.74) is 0. The van der Waals surface area contributed by atoms with Gasteiger partial charge >= 0.3 is 6.03 Å². The molecule has 1 aromatic heterocycles. The second-order valence-electron chi connectivity index (χ2n) is 6.07. The summed E-state index contributed by atoms with van der Waals surface area (Å²) in [5, 5.41) is 2.47. The molecule has 1 aromatic rings. The molecular formula is C15H24N2O3S2. The Morgan fingerprint density at radius 1 is 1.45 bits per heavy atom. The van der Waals surface area contributed by atoms with E-state index in [9.17, 15) is 13.2 Å². The monoisotopic (exact) mass is 344 g/mol. The third kappa shape index (κ3) is 3.81. The second kappa shape index (κ2) is 6.58. The van der Waals surface area contributed by atoms with Crippen molar-refractivity contribution in [1.29, 1.82) is 0 Å². The predicted molar refractivity (Wildman–Crippen MR) is 90.2 cm³/mol. The first-order valence-electron chi connectivity index (χ1n) is 7.54. The van der Waals surface area contributed by atoms with Crippen LogP contribution in [0.15, 0.2) is 12.1 Å². The zero-order valence-corrected chi connectivity index (χ0v) is 15.1. The van der Waals surface area contributed by atoms with Crippen LogP contribution < -0.4 is 5.32 Å². The molecule has 124 valence electrons. The number of nitrogens with zero attached hydrogens (tertiary/aromatic N) is 1. The molecule has 5 nitrogen and oxygen atoms in total. The fourth-order valence-electron chi connectivity index (χ4n) is 2.70. The first kappa shape index (κ1) is 17.3. The number of hydrogen-bond donors (Lipinski definition) is 1. The number of nitrogens with one attached hydrogen (secondary N) is 1. The fraction of sp³-hybridized carbons (Fsp3) is 0.667. The van der Waals surface area contributed by atoms with Crippen molar-refractivity contribution in [2.24, 2.45) is 0 Å². The molecule has 1 saturated heterocycles. The molecule has 2 amide bonds. The zero-order valence-electron chi connectivity index (χ0n) is 13.5. The zero-order chi connectivity index (χ0) is 16.5. The molecule has 2 rings (SSSR count). The predicted octanol–water partition coefficient (Wildman–Crippen LogP) is 2.20. The van der Waals surface area contributed by atoms with E-state index in [1.54, 1.807) is 30.1 Å². The fourth-order valence-corrected chi connectivity index (χ4v) is 5.29. The average molecular weight is 345 g/mol. The third-order valence-electron chi connectivity index (χ3n) is 4.29. The van der Waals surface area contributed by atoms with Crippen LogP contribution in [0.1, 0.15) is 30.5 Å². The highest BCUT2D eigenvalue weighted by atomic mass is 32.2. The summed E-state index contributed by atoms with van der Waals surface area (Å²) in [6.07, 6.45) is 0.792. The highest BCUT2D eigenvalue weighted by molar-refractivity contribution is 7.92. The van der Waals surface area contributed by atoms with Crippen LogP contribution in [0.4, 0.5) is 4.79 Å². The lowest BCUT2D eigenvalue weighted by molar-refractivity contribution is 0.175. The molecule has 0 radical (unpaired) electrons. The summed E-state index contributed by atoms with van der Waals surface area (Å²) in [6.45, 7) is 7.78. The van der Waals surface area contributed by atoms with Crippen molar-refractivity contribution in [3.8, 4) is 0 Å². The van der Waals surface area contributed by atoms with Crippen molar-refractivity contribution in [2.75, 3.05) is 12.3 Å². The molecule has 7 heteroatoms. The maximum absolute atomic E-state index is 12.4. The lowest BCUT2D eigenvalue weighted by Crippen LogP contribution is -2.57. The Kier molecular flexibility index (Phi) is 5.17. The summed E-state index contributed by atoms with van der Waals surface area (Å²) in [7, 11) is -3.07. The molecule has 1 fully saturated rings. The van der Waals surface area contributed by atoms with Gasteiger partial charge in [-0.05, 0) is 39.8 Å². The number of thiophene rings is 1. The summed E-state index contributed by atoms with van der Waals surface area (Å²) >= 11 is 1.74. The van der Waals surface area contributed by atoms with Gasteiger partial charge in [0.05, 0.1) is 11.0 Å². The van der Waals surface area contributed by atoms with Crippen molar-refractivity contribution < 1.29 is 13.2 Å². The van der Waals surface area contributed by atoms with E-state index in [1.807, 2.05) is 6.92 Å². The molecule has 0 unspecified atom stereocenters. The Morgan fingerprint density at radius 3 is 2.73 bits per heavy atom. The van der Waals surface area contributed by atoms with Gasteiger partial charge in [-0.3, -0.25) is 0 Å². The standard InChI is InChI=1S/C15H24N2O3S2/c1-10(9-14-6-5-11(2)21-14)16-15(18)17-7-8-22(19,20)13(4)12(17)3/h5-6,10,12-13H,7-9H2,1-4H3,(H,16,18)/t10-,12-,13+/m0/s1. The van der Waals surface area contributed by atoms with Gasteiger partial charge in [-0.15, -0.1) is 11.3 Å². The van der Waals surface area contributed by atoms with Crippen LogP contribution in [0.5, 0.6) is 0 Å². The summed E-state index contributed by atoms with van der Waals surface area (Å²) in [6, 6.07) is 3.71. The van der Waals surface area contributed by atoms with E-state index in [0.29, 0.717) is 0 Å². The molecule has 22 heavy (non-hydrogen) atoms. The summed E-state index contributed by atoms with van der Waals surface area (Å²) < 4.78 is 23.7. The number of carbonyl (C=O) groups excluding carboxylic acids is 1. The van der Waals surface area contributed by atoms with Gasteiger partial charge in [-0.2, -0.15) is 0 Å². The van der Waals surface area contributed by atoms with Gasteiger partial charge < -0.3 is 10.2 Å². The van der Waals surface area contributed by atoms with E-state index in [1.165, 1.54) is 9.75 Å². The van der Waals surface area contributed by atoms with Crippen molar-refractivity contribution >= 4 is 27.2 Å². The largest absolute Gasteiger partial charge is 0.335 e. The van der Waals surface area contributed by atoms with Crippen molar-refractivity contribution in [1.82, 2.24) is 10.2 Å². The molecular weight excluding hydrogens is 320 g/mol. The van der Waals surface area contributed by atoms with Crippen molar-refractivity contribution in [2.45, 2.75) is 51.4 Å². The molecule has 3 atom stereocenters. The van der Waals surface area contributed by atoms with Crippen LogP contribution in [0.25, 0.3) is 0 Å². The molecule has 0 spiro atoms. The topological polar surface area (TPSA) is 66.5 Å². The molecule has 1 aliphatic rings. The van der Waals surface area contributed by atoms with Crippen LogP contribution in [-0.2, 0) is 16.3 Å². The first-order chi connectivity index (χ1) is 10.2. The van der Waals surface area contributed by atoms with E-state index in [4.69, 9.17) is 0 Å². The second-order valence-corrected chi connectivity index (χ2v) is 9.92. The van der Waals surface area contributed by atoms with E-state index in [-0.39, 0.29) is 30.4 Å². The Bertz CT molecular complexity index is 639. The minimum atomic E-state index is -3.07. The molecule has 2 heterocycles. The van der Waals surface area contributed by atoms with Gasteiger partial charge in [-0.1, -0.05) is 0 Å². The van der Waals surface area contributed by atoms with Gasteiger partial charge in [0.15, 0.2) is 9.84 Å². The lowest BCUT2D eigenvalue weighted by Gasteiger charge is -2.38. The number of amides is 2. The smallest absolute Gasteiger partial charge is 0.317 e. The van der Waals surface area contributed by atoms with Crippen molar-refractivity contribution in [3.05, 3.63) is 21.9 Å². The van der Waals surface area contributed by atoms with E-state index >= 15 is 0 Å². The van der Waals surface area contributed by atoms with Crippen LogP contribution in [0, 0.1) is 6.92 Å². The SMILES string of the molecule is Cc1ccc(C[C@H](C)NC(=O)N2CCS(=O)(=O)[C@H](C)[C@@H]2C)s1. The number of aryl methyl sites for hydroxylation is 1. The molecule has 1 N–H and O–H groups in total. The van der Waals surface area contributed by atoms with Crippen LogP contribution in [0.3, 0.4) is 0 Å². The maximum Gasteiger partial charge on any atom is 0.317 e. The van der Waals surface area contributed by atoms with Crippen LogP contribution in [0.2, 0.25) is 0 Å². The highest BCUT2D eigenvalue weighted by Crippen LogP contribution is 2.20. The molecule has 1 aliphatic heterocycles. The lowest BCUT2D eigenvalue weighted by atomic mass is 10.2. The normalized spacial score (nSPS) is 25.7. The molecule has 0 aliphatic carbocycles. The van der Waals surface area contributed by atoms with Gasteiger partial charge in [0.1, 0.15) is 0 Å². The minimum absolute atomic E-state index is 0.0200. The van der Waals surface area contributed by atoms with E-state index in [0.717, 1.165) is 6.42 Å². The Labute approximate surface area is 136 Å². The van der Waals surface area contributed by atoms with Crippen molar-refractivity contribution in [3.63, 3.8) is 0 Å². The van der Waals surface area contributed by atoms with Crippen LogP contribution in [-0.4, -0.2) is 49.0 Å². The summed E-state index contributed by atoms with van der Waals surface area (Å²) in [5.74, 6) is 0.0461. The first-order valence-corrected chi connectivity index (χ1v) is 10.1. The average Bonchev–Trinajstić information content (AvgIpc) is 2.81. The Morgan fingerprint density at radius 2 is 2.14 bits per heavy atom. The molecule has 0 bridgehead atoms. The minimum Gasteiger partial charge on any atom is -0.335 e. The van der Waals surface area contributed by atoms with E-state index in [2.05, 4.69) is 24.4 Å². The van der Waals surface area contributed by atoms with Gasteiger partial charge in [0.25, 0.3) is 0 Å². The highest BCUT2D eigenvalue weighted by Gasteiger charge is 2.38. The number of carbonyl (C=O) groups is 1. The van der Waals surface area contributed by atoms with Gasteiger partial charge in [0, 0.05) is 34.8 Å². The Hall–Kier alpha value is -1.08. The quantitative estimate of drug-likeness (QED) is 0.914. The molecule has 0 saturated carbocycles. The van der Waals surface area contributed by atoms with Gasteiger partial charge in [-0.25, -0.2) is 13.2 Å². The number of rotatable bonds is 3. The number of sulfone groups is 1. The summed E-state index contributed by atoms with van der Waals surface area (Å²) in [4.78, 5) is 16.5. The maximum atomic E-state index is 12.4. The third-order valence-corrected chi connectivity index (χ3v) is 7.59. The van der Waals surface area contributed by atoms with Gasteiger partial charge in [0.2, 0.25) is 0 Å². The Balaban J connectivity index is 1.94.